The number of nitrogens with two attached hydrogens (primary N) is 2. The molecule has 0 spiro atoms. The van der Waals surface area contributed by atoms with Crippen molar-refractivity contribution in [3.05, 3.63) is 29.8 Å². The zero-order valence-electron chi connectivity index (χ0n) is 13.1. The van der Waals surface area contributed by atoms with Gasteiger partial charge in [0.2, 0.25) is 0 Å². The van der Waals surface area contributed by atoms with Crippen LogP contribution in [0.1, 0.15) is 50.2 Å². The van der Waals surface area contributed by atoms with Crippen LogP contribution in [0.4, 0.5) is 0 Å². The molecule has 0 aromatic heterocycles. The lowest BCUT2D eigenvalue weighted by atomic mass is 9.96. The van der Waals surface area contributed by atoms with Crippen LogP contribution in [0.2, 0.25) is 0 Å². The van der Waals surface area contributed by atoms with Crippen LogP contribution in [0.25, 0.3) is 0 Å². The predicted octanol–water partition coefficient (Wildman–Crippen LogP) is 1.47. The third kappa shape index (κ3) is 4.68. The summed E-state index contributed by atoms with van der Waals surface area (Å²) < 4.78 is 5.78. The van der Waals surface area contributed by atoms with Crippen molar-refractivity contribution in [2.24, 2.45) is 11.5 Å². The maximum absolute atomic E-state index is 10.6. The molecule has 5 heteroatoms. The van der Waals surface area contributed by atoms with Gasteiger partial charge in [0.05, 0.1) is 11.7 Å². The molecule has 1 aromatic carbocycles. The van der Waals surface area contributed by atoms with Crippen molar-refractivity contribution in [3.63, 3.8) is 0 Å². The third-order valence-corrected chi connectivity index (χ3v) is 4.42. The molecule has 124 valence electrons. The number of benzene rings is 1. The highest BCUT2D eigenvalue weighted by molar-refractivity contribution is 5.30. The average molecular weight is 308 g/mol. The molecule has 2 atom stereocenters. The fourth-order valence-electron chi connectivity index (χ4n) is 2.91. The Morgan fingerprint density at radius 1 is 1.18 bits per heavy atom. The Morgan fingerprint density at radius 2 is 1.86 bits per heavy atom. The second kappa shape index (κ2) is 7.92. The summed E-state index contributed by atoms with van der Waals surface area (Å²) in [6, 6.07) is 6.70. The van der Waals surface area contributed by atoms with Crippen molar-refractivity contribution in [3.8, 4) is 5.75 Å². The maximum Gasteiger partial charge on any atom is 0.119 e. The van der Waals surface area contributed by atoms with Crippen LogP contribution in [-0.2, 0) is 0 Å². The van der Waals surface area contributed by atoms with E-state index in [1.807, 2.05) is 12.1 Å². The van der Waals surface area contributed by atoms with E-state index in [0.717, 1.165) is 25.7 Å². The molecule has 2 rings (SSSR count). The molecule has 0 bridgehead atoms. The molecule has 22 heavy (non-hydrogen) atoms. The van der Waals surface area contributed by atoms with Crippen LogP contribution in [0.15, 0.2) is 24.3 Å². The smallest absolute Gasteiger partial charge is 0.119 e. The van der Waals surface area contributed by atoms with Gasteiger partial charge in [-0.2, -0.15) is 0 Å². The Hall–Kier alpha value is -1.14. The van der Waals surface area contributed by atoms with E-state index < -0.39 is 17.7 Å². The van der Waals surface area contributed by atoms with Crippen molar-refractivity contribution >= 4 is 0 Å². The molecule has 1 aromatic rings. The lowest BCUT2D eigenvalue weighted by Crippen LogP contribution is -2.36. The van der Waals surface area contributed by atoms with Gasteiger partial charge in [-0.15, -0.1) is 0 Å². The van der Waals surface area contributed by atoms with Gasteiger partial charge in [0.1, 0.15) is 12.4 Å². The van der Waals surface area contributed by atoms with Crippen molar-refractivity contribution in [2.75, 3.05) is 13.2 Å². The standard InChI is InChI=1S/C17H28N2O3/c18-11-15(19)16(20)13-6-5-7-14(10-13)22-12-17(21)8-3-1-2-4-9-17/h5-7,10,15-16,20-21H,1-4,8-9,11-12,18-19H2/t15-,16+/m1/s1. The van der Waals surface area contributed by atoms with Crippen molar-refractivity contribution < 1.29 is 14.9 Å². The normalized spacial score (nSPS) is 20.9. The quantitative estimate of drug-likeness (QED) is 0.596. The first-order valence-corrected chi connectivity index (χ1v) is 8.13. The Kier molecular flexibility index (Phi) is 6.20. The van der Waals surface area contributed by atoms with Gasteiger partial charge in [0.15, 0.2) is 0 Å². The predicted molar refractivity (Wildman–Crippen MR) is 86.6 cm³/mol. The van der Waals surface area contributed by atoms with E-state index in [1.165, 1.54) is 12.8 Å². The summed E-state index contributed by atoms with van der Waals surface area (Å²) in [6.45, 7) is 0.501. The number of aliphatic hydroxyl groups is 2. The summed E-state index contributed by atoms with van der Waals surface area (Å²) in [5.74, 6) is 0.637. The lowest BCUT2D eigenvalue weighted by Gasteiger charge is -2.26. The van der Waals surface area contributed by atoms with Gasteiger partial charge >= 0.3 is 0 Å². The molecular weight excluding hydrogens is 280 g/mol. The van der Waals surface area contributed by atoms with Crippen LogP contribution in [0, 0.1) is 0 Å². The van der Waals surface area contributed by atoms with E-state index >= 15 is 0 Å². The SMILES string of the molecule is NC[C@@H](N)[C@@H](O)c1cccc(OCC2(O)CCCCCC2)c1. The van der Waals surface area contributed by atoms with Crippen LogP contribution in [0.5, 0.6) is 5.75 Å². The number of hydrogen-bond acceptors (Lipinski definition) is 5. The molecule has 1 fully saturated rings. The van der Waals surface area contributed by atoms with E-state index in [9.17, 15) is 10.2 Å². The molecule has 0 radical (unpaired) electrons. The van der Waals surface area contributed by atoms with E-state index in [1.54, 1.807) is 12.1 Å². The molecule has 0 unspecified atom stereocenters. The largest absolute Gasteiger partial charge is 0.491 e. The van der Waals surface area contributed by atoms with Gasteiger partial charge in [-0.1, -0.05) is 37.8 Å². The molecule has 0 aliphatic heterocycles. The van der Waals surface area contributed by atoms with Gasteiger partial charge in [-0.05, 0) is 30.5 Å². The Balaban J connectivity index is 1.98. The molecule has 6 N–H and O–H groups in total. The minimum Gasteiger partial charge on any atom is -0.491 e. The average Bonchev–Trinajstić information content (AvgIpc) is 2.77. The highest BCUT2D eigenvalue weighted by Gasteiger charge is 2.29. The van der Waals surface area contributed by atoms with Crippen LogP contribution >= 0.6 is 0 Å². The fraction of sp³-hybridized carbons (Fsp3) is 0.647. The molecule has 1 aliphatic carbocycles. The van der Waals surface area contributed by atoms with Crippen LogP contribution in [0.3, 0.4) is 0 Å². The van der Waals surface area contributed by atoms with Gasteiger partial charge in [0.25, 0.3) is 0 Å². The van der Waals surface area contributed by atoms with E-state index in [-0.39, 0.29) is 13.2 Å². The topological polar surface area (TPSA) is 102 Å². The highest BCUT2D eigenvalue weighted by Crippen LogP contribution is 2.28. The zero-order valence-corrected chi connectivity index (χ0v) is 13.1. The molecule has 0 heterocycles. The van der Waals surface area contributed by atoms with Gasteiger partial charge < -0.3 is 26.4 Å². The summed E-state index contributed by atoms with van der Waals surface area (Å²) in [6.07, 6.45) is 5.21. The first kappa shape index (κ1) is 17.2. The summed E-state index contributed by atoms with van der Waals surface area (Å²) in [5, 5.41) is 20.7. The fourth-order valence-corrected chi connectivity index (χ4v) is 2.91. The minimum atomic E-state index is -0.811. The summed E-state index contributed by atoms with van der Waals surface area (Å²) in [4.78, 5) is 0. The number of ether oxygens (including phenoxy) is 1. The maximum atomic E-state index is 10.6. The van der Waals surface area contributed by atoms with Gasteiger partial charge in [0, 0.05) is 12.6 Å². The van der Waals surface area contributed by atoms with E-state index in [0.29, 0.717) is 11.3 Å². The molecule has 1 aliphatic rings. The van der Waals surface area contributed by atoms with E-state index in [4.69, 9.17) is 16.2 Å². The van der Waals surface area contributed by atoms with Crippen molar-refractivity contribution in [1.29, 1.82) is 0 Å². The number of rotatable bonds is 6. The Morgan fingerprint density at radius 3 is 2.50 bits per heavy atom. The minimum absolute atomic E-state index is 0.214. The first-order chi connectivity index (χ1) is 10.5. The second-order valence-corrected chi connectivity index (χ2v) is 6.34. The number of hydrogen-bond donors (Lipinski definition) is 4. The van der Waals surface area contributed by atoms with Crippen molar-refractivity contribution in [1.82, 2.24) is 0 Å². The van der Waals surface area contributed by atoms with Gasteiger partial charge in [-0.25, -0.2) is 0 Å². The van der Waals surface area contributed by atoms with Crippen LogP contribution < -0.4 is 16.2 Å². The monoisotopic (exact) mass is 308 g/mol. The zero-order chi connectivity index (χ0) is 16.0. The van der Waals surface area contributed by atoms with Crippen molar-refractivity contribution in [2.45, 2.75) is 56.3 Å². The summed E-state index contributed by atoms with van der Waals surface area (Å²) in [7, 11) is 0. The molecule has 0 saturated heterocycles. The number of aliphatic hydroxyl groups excluding tert-OH is 1. The lowest BCUT2D eigenvalue weighted by molar-refractivity contribution is -0.0174. The summed E-state index contributed by atoms with van der Waals surface area (Å²) in [5.41, 5.74) is 11.2. The molecule has 1 saturated carbocycles. The third-order valence-electron chi connectivity index (χ3n) is 4.42. The van der Waals surface area contributed by atoms with Crippen LogP contribution in [-0.4, -0.2) is 35.0 Å². The first-order valence-electron chi connectivity index (χ1n) is 8.13. The highest BCUT2D eigenvalue weighted by atomic mass is 16.5. The molecule has 5 nitrogen and oxygen atoms in total. The second-order valence-electron chi connectivity index (χ2n) is 6.34. The van der Waals surface area contributed by atoms with E-state index in [2.05, 4.69) is 0 Å². The summed E-state index contributed by atoms with van der Waals surface area (Å²) >= 11 is 0. The molecule has 0 amide bonds. The Bertz CT molecular complexity index is 459. The van der Waals surface area contributed by atoms with Gasteiger partial charge in [-0.3, -0.25) is 0 Å². The Labute approximate surface area is 132 Å². The molecular formula is C17H28N2O3.